The highest BCUT2D eigenvalue weighted by Gasteiger charge is 2.57. The van der Waals surface area contributed by atoms with Crippen LogP contribution in [0, 0.1) is 35.5 Å². The fourth-order valence-corrected chi connectivity index (χ4v) is 5.37. The number of nitrogens with one attached hydrogen (secondary N) is 1. The second-order valence-corrected chi connectivity index (χ2v) is 7.00. The molecule has 0 aliphatic heterocycles. The molecule has 2 bridgehead atoms. The van der Waals surface area contributed by atoms with Gasteiger partial charge in [0.2, 0.25) is 5.91 Å². The molecule has 0 radical (unpaired) electrons. The summed E-state index contributed by atoms with van der Waals surface area (Å²) in [6.45, 7) is 0.254. The molecule has 4 saturated carbocycles. The molecule has 0 spiro atoms. The van der Waals surface area contributed by atoms with Crippen molar-refractivity contribution in [2.75, 3.05) is 6.61 Å². The molecule has 6 atom stereocenters. The number of carbonyl (C=O) groups is 1. The van der Waals surface area contributed by atoms with E-state index in [-0.39, 0.29) is 12.6 Å². The molecule has 3 nitrogen and oxygen atoms in total. The van der Waals surface area contributed by atoms with Crippen LogP contribution < -0.4 is 5.32 Å². The van der Waals surface area contributed by atoms with Gasteiger partial charge in [-0.2, -0.15) is 0 Å². The van der Waals surface area contributed by atoms with E-state index >= 15 is 0 Å². The third kappa shape index (κ3) is 1.49. The predicted octanol–water partition coefficient (Wildman–Crippen LogP) is 1.56. The van der Waals surface area contributed by atoms with Crippen molar-refractivity contribution in [3.8, 4) is 0 Å². The Kier molecular flexibility index (Phi) is 2.48. The average Bonchev–Trinajstić information content (AvgIpc) is 2.84. The predicted molar refractivity (Wildman–Crippen MR) is 67.7 cm³/mol. The van der Waals surface area contributed by atoms with Gasteiger partial charge in [-0.1, -0.05) is 6.42 Å². The molecule has 6 unspecified atom stereocenters. The Bertz CT molecular complexity index is 360. The van der Waals surface area contributed by atoms with Crippen molar-refractivity contribution in [1.82, 2.24) is 5.32 Å². The first kappa shape index (κ1) is 11.3. The topological polar surface area (TPSA) is 49.3 Å². The molecule has 4 rings (SSSR count). The lowest BCUT2D eigenvalue weighted by molar-refractivity contribution is -0.124. The molecule has 2 N–H and O–H groups in total. The van der Waals surface area contributed by atoms with Gasteiger partial charge in [0.15, 0.2) is 0 Å². The van der Waals surface area contributed by atoms with Crippen molar-refractivity contribution in [3.63, 3.8) is 0 Å². The molecule has 100 valence electrons. The first-order chi connectivity index (χ1) is 8.79. The van der Waals surface area contributed by atoms with Crippen molar-refractivity contribution in [3.05, 3.63) is 0 Å². The van der Waals surface area contributed by atoms with Gasteiger partial charge in [0, 0.05) is 24.5 Å². The number of amides is 1. The first-order valence-electron chi connectivity index (χ1n) is 7.71. The van der Waals surface area contributed by atoms with Gasteiger partial charge in [-0.05, 0) is 55.8 Å². The van der Waals surface area contributed by atoms with Crippen LogP contribution in [0.3, 0.4) is 0 Å². The summed E-state index contributed by atoms with van der Waals surface area (Å²) >= 11 is 0. The summed E-state index contributed by atoms with van der Waals surface area (Å²) in [6.07, 6.45) is 7.60. The summed E-state index contributed by atoms with van der Waals surface area (Å²) in [4.78, 5) is 12.3. The third-order valence-corrected chi connectivity index (χ3v) is 6.32. The average molecular weight is 249 g/mol. The summed E-state index contributed by atoms with van der Waals surface area (Å²) in [5.41, 5.74) is 0. The Labute approximate surface area is 108 Å². The van der Waals surface area contributed by atoms with E-state index in [0.29, 0.717) is 41.4 Å². The van der Waals surface area contributed by atoms with Crippen LogP contribution >= 0.6 is 0 Å². The van der Waals surface area contributed by atoms with Gasteiger partial charge < -0.3 is 10.4 Å². The summed E-state index contributed by atoms with van der Waals surface area (Å²) < 4.78 is 0. The molecule has 0 saturated heterocycles. The van der Waals surface area contributed by atoms with Crippen molar-refractivity contribution < 1.29 is 9.90 Å². The summed E-state index contributed by atoms with van der Waals surface area (Å²) in [5, 5.41) is 12.8. The zero-order valence-corrected chi connectivity index (χ0v) is 10.8. The zero-order valence-electron chi connectivity index (χ0n) is 10.8. The molecule has 1 amide bonds. The molecule has 4 fully saturated rings. The minimum Gasteiger partial charge on any atom is -0.396 e. The van der Waals surface area contributed by atoms with E-state index in [9.17, 15) is 9.90 Å². The van der Waals surface area contributed by atoms with Crippen LogP contribution in [0.1, 0.15) is 38.5 Å². The van der Waals surface area contributed by atoms with Gasteiger partial charge in [0.1, 0.15) is 0 Å². The lowest BCUT2D eigenvalue weighted by atomic mass is 9.85. The Balaban J connectivity index is 1.41. The van der Waals surface area contributed by atoms with E-state index < -0.39 is 0 Å². The summed E-state index contributed by atoms with van der Waals surface area (Å²) in [5.74, 6) is 3.70. The van der Waals surface area contributed by atoms with E-state index in [2.05, 4.69) is 5.32 Å². The van der Waals surface area contributed by atoms with Crippen LogP contribution in [0.4, 0.5) is 0 Å². The minimum atomic E-state index is 0.254. The van der Waals surface area contributed by atoms with Crippen molar-refractivity contribution in [1.29, 1.82) is 0 Å². The Morgan fingerprint density at radius 1 is 1.11 bits per heavy atom. The number of hydrogen-bond acceptors (Lipinski definition) is 2. The highest BCUT2D eigenvalue weighted by Crippen LogP contribution is 2.58. The maximum Gasteiger partial charge on any atom is 0.223 e. The van der Waals surface area contributed by atoms with Gasteiger partial charge in [0.25, 0.3) is 0 Å². The molecule has 4 aliphatic carbocycles. The van der Waals surface area contributed by atoms with E-state index in [0.717, 1.165) is 0 Å². The van der Waals surface area contributed by atoms with Crippen molar-refractivity contribution in [2.45, 2.75) is 44.6 Å². The standard InChI is InChI=1S/C15H23NO2/c17-7-12-8-4-5-9(6-8)14(12)16-15(18)13-10-2-1-3-11(10)13/h8-14,17H,1-7H2,(H,16,18). The maximum absolute atomic E-state index is 12.3. The van der Waals surface area contributed by atoms with E-state index in [1.165, 1.54) is 38.5 Å². The van der Waals surface area contributed by atoms with E-state index in [1.807, 2.05) is 0 Å². The van der Waals surface area contributed by atoms with Crippen LogP contribution in [0.2, 0.25) is 0 Å². The third-order valence-electron chi connectivity index (χ3n) is 6.32. The number of aliphatic hydroxyl groups excluding tert-OH is 1. The highest BCUT2D eigenvalue weighted by atomic mass is 16.3. The fourth-order valence-electron chi connectivity index (χ4n) is 5.37. The normalized spacial score (nSPS) is 52.4. The molecular formula is C15H23NO2. The maximum atomic E-state index is 12.3. The van der Waals surface area contributed by atoms with Crippen LogP contribution in [-0.2, 0) is 4.79 Å². The molecule has 0 aromatic carbocycles. The van der Waals surface area contributed by atoms with Gasteiger partial charge in [0.05, 0.1) is 0 Å². The van der Waals surface area contributed by atoms with Crippen LogP contribution in [-0.4, -0.2) is 23.7 Å². The lowest BCUT2D eigenvalue weighted by Crippen LogP contribution is -2.46. The second kappa shape index (κ2) is 3.96. The van der Waals surface area contributed by atoms with E-state index in [4.69, 9.17) is 0 Å². The number of fused-ring (bicyclic) bond motifs is 3. The monoisotopic (exact) mass is 249 g/mol. The zero-order chi connectivity index (χ0) is 12.3. The van der Waals surface area contributed by atoms with Crippen LogP contribution in [0.15, 0.2) is 0 Å². The first-order valence-corrected chi connectivity index (χ1v) is 7.71. The SMILES string of the molecule is O=C(NC1C2CCC(C2)C1CO)C1C2CCCC21. The largest absolute Gasteiger partial charge is 0.396 e. The molecule has 3 heteroatoms. The molecule has 0 aromatic heterocycles. The van der Waals surface area contributed by atoms with Crippen molar-refractivity contribution >= 4 is 5.91 Å². The lowest BCUT2D eigenvalue weighted by Gasteiger charge is -2.30. The van der Waals surface area contributed by atoms with Gasteiger partial charge in [-0.3, -0.25) is 4.79 Å². The van der Waals surface area contributed by atoms with Crippen LogP contribution in [0.25, 0.3) is 0 Å². The quantitative estimate of drug-likeness (QED) is 0.797. The molecule has 4 aliphatic rings. The van der Waals surface area contributed by atoms with Gasteiger partial charge in [-0.15, -0.1) is 0 Å². The molecule has 0 heterocycles. The number of hydrogen-bond donors (Lipinski definition) is 2. The molecule has 18 heavy (non-hydrogen) atoms. The number of rotatable bonds is 3. The number of aliphatic hydroxyl groups is 1. The summed E-state index contributed by atoms with van der Waals surface area (Å²) in [6, 6.07) is 0.280. The van der Waals surface area contributed by atoms with Crippen LogP contribution in [0.5, 0.6) is 0 Å². The Morgan fingerprint density at radius 3 is 2.56 bits per heavy atom. The smallest absolute Gasteiger partial charge is 0.223 e. The number of carbonyl (C=O) groups excluding carboxylic acids is 1. The molecular weight excluding hydrogens is 226 g/mol. The highest BCUT2D eigenvalue weighted by molar-refractivity contribution is 5.82. The van der Waals surface area contributed by atoms with Gasteiger partial charge in [-0.25, -0.2) is 0 Å². The summed E-state index contributed by atoms with van der Waals surface area (Å²) in [7, 11) is 0. The van der Waals surface area contributed by atoms with Crippen molar-refractivity contribution in [2.24, 2.45) is 35.5 Å². The van der Waals surface area contributed by atoms with E-state index in [1.54, 1.807) is 0 Å². The fraction of sp³-hybridized carbons (Fsp3) is 0.933. The Morgan fingerprint density at radius 2 is 1.83 bits per heavy atom. The minimum absolute atomic E-state index is 0.254. The second-order valence-electron chi connectivity index (χ2n) is 7.00. The van der Waals surface area contributed by atoms with Gasteiger partial charge >= 0.3 is 0 Å². The molecule has 0 aromatic rings. The Hall–Kier alpha value is -0.570.